The number of unbranched alkanes of at least 4 members (excludes halogenated alkanes) is 1. The van der Waals surface area contributed by atoms with Crippen molar-refractivity contribution in [1.82, 2.24) is 4.90 Å². The van der Waals surface area contributed by atoms with Gasteiger partial charge in [-0.15, -0.1) is 0 Å². The molecule has 0 fully saturated rings. The molecular weight excluding hydrogens is 262 g/mol. The van der Waals surface area contributed by atoms with Crippen LogP contribution in [0.1, 0.15) is 18.4 Å². The van der Waals surface area contributed by atoms with Gasteiger partial charge in [0, 0.05) is 0 Å². The fourth-order valence-corrected chi connectivity index (χ4v) is 2.28. The Balaban J connectivity index is 1.78. The minimum absolute atomic E-state index is 0.143. The molecular formula is C18H23NO2. The van der Waals surface area contributed by atoms with Gasteiger partial charge in [0.05, 0.1) is 13.0 Å². The predicted molar refractivity (Wildman–Crippen MR) is 86.4 cm³/mol. The largest absolute Gasteiger partial charge is 0.465 e. The highest BCUT2D eigenvalue weighted by Gasteiger charge is 2.05. The SMILES string of the molecule is CN(C)CCCCOC(=O)Cc1ccc2ccccc2c1. The molecule has 3 nitrogen and oxygen atoms in total. The van der Waals surface area contributed by atoms with Crippen molar-refractivity contribution in [1.29, 1.82) is 0 Å². The molecule has 0 aromatic heterocycles. The highest BCUT2D eigenvalue weighted by Crippen LogP contribution is 2.16. The number of rotatable bonds is 7. The van der Waals surface area contributed by atoms with E-state index in [2.05, 4.69) is 29.2 Å². The molecule has 0 amide bonds. The number of fused-ring (bicyclic) bond motifs is 1. The summed E-state index contributed by atoms with van der Waals surface area (Å²) < 4.78 is 5.28. The number of hydrogen-bond acceptors (Lipinski definition) is 3. The molecule has 21 heavy (non-hydrogen) atoms. The number of carbonyl (C=O) groups is 1. The van der Waals surface area contributed by atoms with Gasteiger partial charge < -0.3 is 9.64 Å². The van der Waals surface area contributed by atoms with Crippen LogP contribution in [0.25, 0.3) is 10.8 Å². The van der Waals surface area contributed by atoms with E-state index in [0.717, 1.165) is 30.3 Å². The Labute approximate surface area is 126 Å². The van der Waals surface area contributed by atoms with Crippen LogP contribution in [-0.4, -0.2) is 38.1 Å². The zero-order chi connectivity index (χ0) is 15.1. The van der Waals surface area contributed by atoms with Crippen LogP contribution in [0, 0.1) is 0 Å². The molecule has 0 aliphatic heterocycles. The molecule has 0 spiro atoms. The molecule has 2 aromatic rings. The van der Waals surface area contributed by atoms with Gasteiger partial charge in [-0.2, -0.15) is 0 Å². The summed E-state index contributed by atoms with van der Waals surface area (Å²) in [6, 6.07) is 14.3. The average Bonchev–Trinajstić information content (AvgIpc) is 2.46. The van der Waals surface area contributed by atoms with E-state index in [1.807, 2.05) is 32.3 Å². The molecule has 0 saturated carbocycles. The second-order valence-electron chi connectivity index (χ2n) is 5.59. The van der Waals surface area contributed by atoms with Gasteiger partial charge >= 0.3 is 5.97 Å². The first-order valence-corrected chi connectivity index (χ1v) is 7.43. The molecule has 2 aromatic carbocycles. The number of ether oxygens (including phenoxy) is 1. The Morgan fingerprint density at radius 1 is 1.05 bits per heavy atom. The van der Waals surface area contributed by atoms with Crippen molar-refractivity contribution in [3.8, 4) is 0 Å². The first-order valence-electron chi connectivity index (χ1n) is 7.43. The van der Waals surface area contributed by atoms with Crippen LogP contribution in [0.3, 0.4) is 0 Å². The monoisotopic (exact) mass is 285 g/mol. The van der Waals surface area contributed by atoms with Crippen LogP contribution < -0.4 is 0 Å². The molecule has 0 N–H and O–H groups in total. The summed E-state index contributed by atoms with van der Waals surface area (Å²) in [5.74, 6) is -0.143. The zero-order valence-electron chi connectivity index (χ0n) is 12.8. The summed E-state index contributed by atoms with van der Waals surface area (Å²) in [4.78, 5) is 13.9. The molecule has 0 aliphatic rings. The highest BCUT2D eigenvalue weighted by atomic mass is 16.5. The second-order valence-corrected chi connectivity index (χ2v) is 5.59. The van der Waals surface area contributed by atoms with Crippen molar-refractivity contribution in [2.45, 2.75) is 19.3 Å². The van der Waals surface area contributed by atoms with E-state index < -0.39 is 0 Å². The zero-order valence-corrected chi connectivity index (χ0v) is 12.8. The summed E-state index contributed by atoms with van der Waals surface area (Å²) in [7, 11) is 4.09. The van der Waals surface area contributed by atoms with Gasteiger partial charge in [-0.3, -0.25) is 4.79 Å². The molecule has 0 saturated heterocycles. The number of hydrogen-bond donors (Lipinski definition) is 0. The maximum Gasteiger partial charge on any atom is 0.310 e. The topological polar surface area (TPSA) is 29.5 Å². The van der Waals surface area contributed by atoms with Crippen LogP contribution >= 0.6 is 0 Å². The smallest absolute Gasteiger partial charge is 0.310 e. The predicted octanol–water partition coefficient (Wildman–Crippen LogP) is 3.27. The van der Waals surface area contributed by atoms with Gasteiger partial charge in [0.2, 0.25) is 0 Å². The van der Waals surface area contributed by atoms with Crippen LogP contribution in [0.4, 0.5) is 0 Å². The standard InChI is InChI=1S/C18H23NO2/c1-19(2)11-5-6-12-21-18(20)14-15-9-10-16-7-3-4-8-17(16)13-15/h3-4,7-10,13H,5-6,11-12,14H2,1-2H3. The lowest BCUT2D eigenvalue weighted by Crippen LogP contribution is -2.14. The van der Waals surface area contributed by atoms with Crippen molar-refractivity contribution >= 4 is 16.7 Å². The summed E-state index contributed by atoms with van der Waals surface area (Å²) in [5, 5.41) is 2.35. The fraction of sp³-hybridized carbons (Fsp3) is 0.389. The van der Waals surface area contributed by atoms with Crippen LogP contribution in [0.2, 0.25) is 0 Å². The normalized spacial score (nSPS) is 11.0. The molecule has 0 heterocycles. The van der Waals surface area contributed by atoms with Crippen LogP contribution in [0.15, 0.2) is 42.5 Å². The number of esters is 1. The molecule has 0 unspecified atom stereocenters. The summed E-state index contributed by atoms with van der Waals surface area (Å²) in [6.45, 7) is 1.54. The Hall–Kier alpha value is -1.87. The fourth-order valence-electron chi connectivity index (χ4n) is 2.28. The van der Waals surface area contributed by atoms with E-state index in [1.165, 1.54) is 5.39 Å². The van der Waals surface area contributed by atoms with Crippen molar-refractivity contribution in [3.63, 3.8) is 0 Å². The Morgan fingerprint density at radius 2 is 1.81 bits per heavy atom. The van der Waals surface area contributed by atoms with Gasteiger partial charge in [0.15, 0.2) is 0 Å². The minimum atomic E-state index is -0.143. The van der Waals surface area contributed by atoms with Gasteiger partial charge in [0.25, 0.3) is 0 Å². The first-order chi connectivity index (χ1) is 10.1. The third-order valence-electron chi connectivity index (χ3n) is 3.43. The average molecular weight is 285 g/mol. The Morgan fingerprint density at radius 3 is 2.57 bits per heavy atom. The molecule has 0 atom stereocenters. The molecule has 112 valence electrons. The highest BCUT2D eigenvalue weighted by molar-refractivity contribution is 5.84. The van der Waals surface area contributed by atoms with Crippen molar-refractivity contribution < 1.29 is 9.53 Å². The lowest BCUT2D eigenvalue weighted by molar-refractivity contribution is -0.142. The van der Waals surface area contributed by atoms with Gasteiger partial charge in [-0.1, -0.05) is 42.5 Å². The Kier molecular flexibility index (Phi) is 5.76. The van der Waals surface area contributed by atoms with Gasteiger partial charge in [0.1, 0.15) is 0 Å². The van der Waals surface area contributed by atoms with Crippen molar-refractivity contribution in [2.24, 2.45) is 0 Å². The van der Waals surface area contributed by atoms with E-state index in [0.29, 0.717) is 13.0 Å². The molecule has 2 rings (SSSR count). The van der Waals surface area contributed by atoms with E-state index in [-0.39, 0.29) is 5.97 Å². The third kappa shape index (κ3) is 5.20. The first kappa shape index (κ1) is 15.5. The third-order valence-corrected chi connectivity index (χ3v) is 3.43. The molecule has 0 bridgehead atoms. The quantitative estimate of drug-likeness (QED) is 0.577. The summed E-state index contributed by atoms with van der Waals surface area (Å²) in [5.41, 5.74) is 1.01. The van der Waals surface area contributed by atoms with Crippen LogP contribution in [-0.2, 0) is 16.0 Å². The van der Waals surface area contributed by atoms with Gasteiger partial charge in [-0.05, 0) is 49.8 Å². The van der Waals surface area contributed by atoms with Crippen molar-refractivity contribution in [3.05, 3.63) is 48.0 Å². The molecule has 0 aliphatic carbocycles. The maximum absolute atomic E-state index is 11.8. The summed E-state index contributed by atoms with van der Waals surface area (Å²) >= 11 is 0. The lowest BCUT2D eigenvalue weighted by atomic mass is 10.1. The van der Waals surface area contributed by atoms with E-state index >= 15 is 0 Å². The molecule has 0 radical (unpaired) electrons. The number of benzene rings is 2. The molecule has 3 heteroatoms. The lowest BCUT2D eigenvalue weighted by Gasteiger charge is -2.09. The van der Waals surface area contributed by atoms with Crippen molar-refractivity contribution in [2.75, 3.05) is 27.2 Å². The second kappa shape index (κ2) is 7.79. The van der Waals surface area contributed by atoms with Crippen LogP contribution in [0.5, 0.6) is 0 Å². The van der Waals surface area contributed by atoms with E-state index in [9.17, 15) is 4.79 Å². The van der Waals surface area contributed by atoms with E-state index in [4.69, 9.17) is 4.74 Å². The number of carbonyl (C=O) groups excluding carboxylic acids is 1. The Bertz CT molecular complexity index is 593. The van der Waals surface area contributed by atoms with Gasteiger partial charge in [-0.25, -0.2) is 0 Å². The maximum atomic E-state index is 11.8. The van der Waals surface area contributed by atoms with E-state index in [1.54, 1.807) is 0 Å². The summed E-state index contributed by atoms with van der Waals surface area (Å²) in [6.07, 6.45) is 2.32. The number of nitrogens with zero attached hydrogens (tertiary/aromatic N) is 1. The minimum Gasteiger partial charge on any atom is -0.465 e.